The molecule has 1 aromatic carbocycles. The summed E-state index contributed by atoms with van der Waals surface area (Å²) in [6.07, 6.45) is 3.35. The van der Waals surface area contributed by atoms with E-state index in [9.17, 15) is 14.9 Å². The van der Waals surface area contributed by atoms with Gasteiger partial charge >= 0.3 is 5.97 Å². The molecule has 1 amide bonds. The van der Waals surface area contributed by atoms with Gasteiger partial charge in [0.05, 0.1) is 19.8 Å². The Morgan fingerprint density at radius 2 is 2.04 bits per heavy atom. The van der Waals surface area contributed by atoms with Crippen LogP contribution in [0.1, 0.15) is 12.5 Å². The number of carbonyl (C=O) groups excluding carboxylic acids is 2. The van der Waals surface area contributed by atoms with Crippen molar-refractivity contribution in [2.24, 2.45) is 0 Å². The van der Waals surface area contributed by atoms with Crippen molar-refractivity contribution in [3.05, 3.63) is 41.6 Å². The molecule has 140 valence electrons. The van der Waals surface area contributed by atoms with Gasteiger partial charge in [-0.2, -0.15) is 5.26 Å². The molecule has 0 spiro atoms. The molecule has 1 saturated heterocycles. The second-order valence-corrected chi connectivity index (χ2v) is 6.11. The molecule has 1 aromatic heterocycles. The first-order valence-electron chi connectivity index (χ1n) is 8.86. The number of nitriles is 1. The van der Waals surface area contributed by atoms with Crippen LogP contribution >= 0.6 is 0 Å². The Bertz CT molecular complexity index is 917. The van der Waals surface area contributed by atoms with Crippen molar-refractivity contribution in [2.45, 2.75) is 13.5 Å². The van der Waals surface area contributed by atoms with E-state index in [0.29, 0.717) is 38.5 Å². The molecule has 0 bridgehead atoms. The monoisotopic (exact) mass is 367 g/mol. The number of fused-ring (bicyclic) bond motifs is 1. The van der Waals surface area contributed by atoms with Crippen LogP contribution in [0.4, 0.5) is 0 Å². The number of hydrogen-bond donors (Lipinski definition) is 0. The number of para-hydroxylation sites is 1. The van der Waals surface area contributed by atoms with Gasteiger partial charge in [-0.3, -0.25) is 9.59 Å². The van der Waals surface area contributed by atoms with Crippen molar-refractivity contribution in [1.29, 1.82) is 5.26 Å². The topological polar surface area (TPSA) is 84.6 Å². The van der Waals surface area contributed by atoms with Gasteiger partial charge in [0, 0.05) is 35.8 Å². The van der Waals surface area contributed by atoms with E-state index in [1.807, 2.05) is 30.3 Å². The summed E-state index contributed by atoms with van der Waals surface area (Å²) < 4.78 is 12.1. The molecule has 1 fully saturated rings. The summed E-state index contributed by atoms with van der Waals surface area (Å²) in [5.41, 5.74) is 1.62. The van der Waals surface area contributed by atoms with Gasteiger partial charge in [0.2, 0.25) is 0 Å². The first-order chi connectivity index (χ1) is 13.1. The van der Waals surface area contributed by atoms with Crippen LogP contribution < -0.4 is 0 Å². The standard InChI is InChI=1S/C20H21N3O4/c1-2-27-19(24)14-23-13-16(17-5-3-4-6-18(17)23)11-15(12-21)20(25)22-7-9-26-10-8-22/h3-6,11,13H,2,7-10,14H2,1H3. The molecule has 7 heteroatoms. The second-order valence-electron chi connectivity index (χ2n) is 6.11. The Morgan fingerprint density at radius 3 is 2.74 bits per heavy atom. The molecule has 27 heavy (non-hydrogen) atoms. The molecule has 7 nitrogen and oxygen atoms in total. The molecule has 2 aromatic rings. The quantitative estimate of drug-likeness (QED) is 0.458. The lowest BCUT2D eigenvalue weighted by molar-refractivity contribution is -0.143. The highest BCUT2D eigenvalue weighted by Gasteiger charge is 2.21. The molecule has 0 aliphatic carbocycles. The molecule has 0 N–H and O–H groups in total. The average Bonchev–Trinajstić information content (AvgIpc) is 3.04. The minimum Gasteiger partial charge on any atom is -0.465 e. The third-order valence-electron chi connectivity index (χ3n) is 4.37. The van der Waals surface area contributed by atoms with E-state index >= 15 is 0 Å². The van der Waals surface area contributed by atoms with Crippen molar-refractivity contribution in [3.8, 4) is 6.07 Å². The third-order valence-corrected chi connectivity index (χ3v) is 4.37. The highest BCUT2D eigenvalue weighted by Crippen LogP contribution is 2.24. The number of hydrogen-bond acceptors (Lipinski definition) is 5. The maximum Gasteiger partial charge on any atom is 0.325 e. The van der Waals surface area contributed by atoms with Crippen molar-refractivity contribution in [1.82, 2.24) is 9.47 Å². The number of morpholine rings is 1. The molecule has 2 heterocycles. The van der Waals surface area contributed by atoms with E-state index < -0.39 is 0 Å². The summed E-state index contributed by atoms with van der Waals surface area (Å²) in [6.45, 7) is 4.05. The Kier molecular flexibility index (Phi) is 5.89. The molecule has 3 rings (SSSR count). The molecular formula is C20H21N3O4. The van der Waals surface area contributed by atoms with Gasteiger partial charge in [-0.25, -0.2) is 0 Å². The minimum atomic E-state index is -0.335. The van der Waals surface area contributed by atoms with Gasteiger partial charge < -0.3 is 18.9 Å². The molecule has 1 aliphatic rings. The first kappa shape index (κ1) is 18.7. The third kappa shape index (κ3) is 4.18. The van der Waals surface area contributed by atoms with E-state index in [-0.39, 0.29) is 24.0 Å². The van der Waals surface area contributed by atoms with Crippen molar-refractivity contribution >= 4 is 28.9 Å². The summed E-state index contributed by atoms with van der Waals surface area (Å²) in [6, 6.07) is 9.56. The zero-order valence-electron chi connectivity index (χ0n) is 15.2. The number of amides is 1. The smallest absolute Gasteiger partial charge is 0.325 e. The largest absolute Gasteiger partial charge is 0.465 e. The Hall–Kier alpha value is -3.11. The highest BCUT2D eigenvalue weighted by molar-refractivity contribution is 6.04. The van der Waals surface area contributed by atoms with Gasteiger partial charge in [0.1, 0.15) is 18.2 Å². The Labute approximate surface area is 157 Å². The molecule has 1 aliphatic heterocycles. The molecule has 0 unspecified atom stereocenters. The number of carbonyl (C=O) groups is 2. The van der Waals surface area contributed by atoms with E-state index in [0.717, 1.165) is 10.9 Å². The SMILES string of the molecule is CCOC(=O)Cn1cc(C=C(C#N)C(=O)N2CCOCC2)c2ccccc21. The summed E-state index contributed by atoms with van der Waals surface area (Å²) in [4.78, 5) is 26.1. The summed E-state index contributed by atoms with van der Waals surface area (Å²) in [7, 11) is 0. The van der Waals surface area contributed by atoms with Crippen LogP contribution in [0.5, 0.6) is 0 Å². The maximum absolute atomic E-state index is 12.6. The zero-order chi connectivity index (χ0) is 19.2. The van der Waals surface area contributed by atoms with Crippen LogP contribution in [0, 0.1) is 11.3 Å². The summed E-state index contributed by atoms with van der Waals surface area (Å²) in [5, 5.41) is 10.4. The predicted molar refractivity (Wildman–Crippen MR) is 99.6 cm³/mol. The van der Waals surface area contributed by atoms with Gasteiger partial charge in [0.15, 0.2) is 0 Å². The summed E-state index contributed by atoms with van der Waals surface area (Å²) >= 11 is 0. The maximum atomic E-state index is 12.6. The van der Waals surface area contributed by atoms with Crippen LogP contribution in [0.3, 0.4) is 0 Å². The zero-order valence-corrected chi connectivity index (χ0v) is 15.2. The van der Waals surface area contributed by atoms with Crippen LogP contribution in [-0.2, 0) is 25.6 Å². The van der Waals surface area contributed by atoms with E-state index in [2.05, 4.69) is 0 Å². The Morgan fingerprint density at radius 1 is 1.30 bits per heavy atom. The second kappa shape index (κ2) is 8.52. The van der Waals surface area contributed by atoms with Crippen LogP contribution in [0.15, 0.2) is 36.0 Å². The lowest BCUT2D eigenvalue weighted by Crippen LogP contribution is -2.41. The Balaban J connectivity index is 1.95. The lowest BCUT2D eigenvalue weighted by Gasteiger charge is -2.26. The van der Waals surface area contributed by atoms with E-state index in [4.69, 9.17) is 9.47 Å². The van der Waals surface area contributed by atoms with Gasteiger partial charge in [-0.15, -0.1) is 0 Å². The van der Waals surface area contributed by atoms with Crippen molar-refractivity contribution in [2.75, 3.05) is 32.9 Å². The van der Waals surface area contributed by atoms with Crippen molar-refractivity contribution in [3.63, 3.8) is 0 Å². The molecular weight excluding hydrogens is 346 g/mol. The number of rotatable bonds is 5. The van der Waals surface area contributed by atoms with Crippen LogP contribution in [0.25, 0.3) is 17.0 Å². The minimum absolute atomic E-state index is 0.0657. The molecule has 0 radical (unpaired) electrons. The van der Waals surface area contributed by atoms with Gasteiger partial charge in [-0.05, 0) is 19.1 Å². The number of esters is 1. The van der Waals surface area contributed by atoms with Crippen LogP contribution in [0.2, 0.25) is 0 Å². The van der Waals surface area contributed by atoms with Crippen LogP contribution in [-0.4, -0.2) is 54.3 Å². The van der Waals surface area contributed by atoms with E-state index in [1.54, 1.807) is 28.7 Å². The fourth-order valence-electron chi connectivity index (χ4n) is 3.10. The first-order valence-corrected chi connectivity index (χ1v) is 8.86. The summed E-state index contributed by atoms with van der Waals surface area (Å²) in [5.74, 6) is -0.637. The molecule has 0 saturated carbocycles. The normalized spacial score (nSPS) is 14.8. The highest BCUT2D eigenvalue weighted by atomic mass is 16.5. The van der Waals surface area contributed by atoms with E-state index in [1.165, 1.54) is 0 Å². The number of aromatic nitrogens is 1. The number of benzene rings is 1. The lowest BCUT2D eigenvalue weighted by atomic mass is 10.1. The fraction of sp³-hybridized carbons (Fsp3) is 0.350. The van der Waals surface area contributed by atoms with Crippen molar-refractivity contribution < 1.29 is 19.1 Å². The molecule has 0 atom stereocenters. The van der Waals surface area contributed by atoms with Gasteiger partial charge in [0.25, 0.3) is 5.91 Å². The predicted octanol–water partition coefficient (Wildman–Crippen LogP) is 1.97. The number of ether oxygens (including phenoxy) is 2. The number of nitrogens with zero attached hydrogens (tertiary/aromatic N) is 3. The average molecular weight is 367 g/mol. The van der Waals surface area contributed by atoms with Gasteiger partial charge in [-0.1, -0.05) is 18.2 Å². The fourth-order valence-corrected chi connectivity index (χ4v) is 3.10.